The number of aliphatic imine (C=N–C) groups is 1. The fourth-order valence-corrected chi connectivity index (χ4v) is 3.04. The molecule has 3 aromatic rings. The molecular formula is C18H23IN6S. The van der Waals surface area contributed by atoms with Gasteiger partial charge in [-0.15, -0.1) is 35.3 Å². The molecule has 0 aliphatic rings. The minimum Gasteiger partial charge on any atom is -0.357 e. The Kier molecular flexibility index (Phi) is 8.05. The van der Waals surface area contributed by atoms with Crippen molar-refractivity contribution in [3.63, 3.8) is 0 Å². The van der Waals surface area contributed by atoms with Crippen molar-refractivity contribution in [3.05, 3.63) is 64.4 Å². The minimum atomic E-state index is 0. The molecule has 1 aromatic carbocycles. The fourth-order valence-electron chi connectivity index (χ4n) is 2.31. The number of rotatable bonds is 6. The molecule has 0 fully saturated rings. The lowest BCUT2D eigenvalue weighted by Gasteiger charge is -2.09. The van der Waals surface area contributed by atoms with Crippen LogP contribution in [0.2, 0.25) is 0 Å². The molecule has 8 heteroatoms. The van der Waals surface area contributed by atoms with Gasteiger partial charge in [-0.2, -0.15) is 5.10 Å². The molecule has 0 aliphatic heterocycles. The van der Waals surface area contributed by atoms with Gasteiger partial charge in [-0.25, -0.2) is 14.7 Å². The molecule has 0 saturated carbocycles. The van der Waals surface area contributed by atoms with Gasteiger partial charge < -0.3 is 10.6 Å². The average molecular weight is 482 g/mol. The molecule has 2 heterocycles. The average Bonchev–Trinajstić information content (AvgIpc) is 3.27. The number of guanidine groups is 1. The van der Waals surface area contributed by atoms with Gasteiger partial charge in [0.25, 0.3) is 0 Å². The smallest absolute Gasteiger partial charge is 0.191 e. The van der Waals surface area contributed by atoms with Crippen LogP contribution < -0.4 is 10.6 Å². The number of thiazole rings is 1. The van der Waals surface area contributed by atoms with Crippen molar-refractivity contribution >= 4 is 41.3 Å². The Morgan fingerprint density at radius 2 is 2.00 bits per heavy atom. The van der Waals surface area contributed by atoms with E-state index in [1.54, 1.807) is 11.3 Å². The van der Waals surface area contributed by atoms with Crippen molar-refractivity contribution in [2.45, 2.75) is 26.9 Å². The number of aromatic nitrogens is 3. The molecule has 138 valence electrons. The predicted molar refractivity (Wildman–Crippen MR) is 117 cm³/mol. The summed E-state index contributed by atoms with van der Waals surface area (Å²) in [4.78, 5) is 10.2. The van der Waals surface area contributed by atoms with Crippen LogP contribution in [-0.4, -0.2) is 27.3 Å². The summed E-state index contributed by atoms with van der Waals surface area (Å²) in [6, 6.07) is 12.1. The predicted octanol–water partition coefficient (Wildman–Crippen LogP) is 3.51. The fraction of sp³-hybridized carbons (Fsp3) is 0.278. The highest BCUT2D eigenvalue weighted by molar-refractivity contribution is 14.0. The lowest BCUT2D eigenvalue weighted by molar-refractivity contribution is 0.795. The Morgan fingerprint density at radius 3 is 2.69 bits per heavy atom. The highest BCUT2D eigenvalue weighted by Gasteiger charge is 2.03. The maximum absolute atomic E-state index is 4.61. The molecule has 2 aromatic heterocycles. The van der Waals surface area contributed by atoms with E-state index in [0.29, 0.717) is 13.1 Å². The molecule has 0 radical (unpaired) electrons. The van der Waals surface area contributed by atoms with Crippen molar-refractivity contribution < 1.29 is 0 Å². The minimum absolute atomic E-state index is 0. The molecule has 26 heavy (non-hydrogen) atoms. The summed E-state index contributed by atoms with van der Waals surface area (Å²) in [5, 5.41) is 12.2. The summed E-state index contributed by atoms with van der Waals surface area (Å²) in [7, 11) is 0. The van der Waals surface area contributed by atoms with E-state index in [1.165, 1.54) is 4.88 Å². The van der Waals surface area contributed by atoms with E-state index in [0.717, 1.165) is 28.9 Å². The first kappa shape index (κ1) is 20.4. The van der Waals surface area contributed by atoms with E-state index in [2.05, 4.69) is 39.6 Å². The first-order valence-electron chi connectivity index (χ1n) is 8.28. The molecule has 0 atom stereocenters. The Labute approximate surface area is 174 Å². The van der Waals surface area contributed by atoms with Crippen molar-refractivity contribution in [3.8, 4) is 5.69 Å². The van der Waals surface area contributed by atoms with Crippen LogP contribution in [0, 0.1) is 6.92 Å². The second kappa shape index (κ2) is 10.3. The van der Waals surface area contributed by atoms with Crippen LogP contribution in [0.25, 0.3) is 5.69 Å². The molecular weight excluding hydrogens is 459 g/mol. The van der Waals surface area contributed by atoms with Crippen LogP contribution in [0.1, 0.15) is 22.5 Å². The van der Waals surface area contributed by atoms with Gasteiger partial charge in [0.05, 0.1) is 24.5 Å². The van der Waals surface area contributed by atoms with Gasteiger partial charge in [-0.3, -0.25) is 0 Å². The molecule has 0 amide bonds. The highest BCUT2D eigenvalue weighted by Crippen LogP contribution is 2.10. The quantitative estimate of drug-likeness (QED) is 0.321. The Balaban J connectivity index is 0.00000243. The summed E-state index contributed by atoms with van der Waals surface area (Å²) < 4.78 is 1.86. The van der Waals surface area contributed by atoms with Crippen LogP contribution in [0.3, 0.4) is 0 Å². The summed E-state index contributed by atoms with van der Waals surface area (Å²) in [6.07, 6.45) is 3.85. The van der Waals surface area contributed by atoms with E-state index in [4.69, 9.17) is 0 Å². The topological polar surface area (TPSA) is 67.1 Å². The number of para-hydroxylation sites is 1. The van der Waals surface area contributed by atoms with Gasteiger partial charge in [0, 0.05) is 23.8 Å². The van der Waals surface area contributed by atoms with Crippen molar-refractivity contribution in [2.75, 3.05) is 6.54 Å². The zero-order chi connectivity index (χ0) is 17.5. The van der Waals surface area contributed by atoms with Gasteiger partial charge in [0.15, 0.2) is 5.96 Å². The first-order chi connectivity index (χ1) is 12.2. The molecule has 3 rings (SSSR count). The lowest BCUT2D eigenvalue weighted by Crippen LogP contribution is -2.36. The third-order valence-corrected chi connectivity index (χ3v) is 4.40. The number of hydrogen-bond donors (Lipinski definition) is 2. The van der Waals surface area contributed by atoms with Gasteiger partial charge in [-0.1, -0.05) is 18.2 Å². The van der Waals surface area contributed by atoms with Gasteiger partial charge in [-0.05, 0) is 32.0 Å². The van der Waals surface area contributed by atoms with Crippen LogP contribution >= 0.6 is 35.3 Å². The number of halogens is 1. The van der Waals surface area contributed by atoms with Crippen LogP contribution in [0.5, 0.6) is 0 Å². The summed E-state index contributed by atoms with van der Waals surface area (Å²) in [5.74, 6) is 0.768. The third kappa shape index (κ3) is 5.80. The lowest BCUT2D eigenvalue weighted by atomic mass is 10.3. The van der Waals surface area contributed by atoms with Gasteiger partial charge in [0.2, 0.25) is 0 Å². The van der Waals surface area contributed by atoms with Crippen molar-refractivity contribution in [1.29, 1.82) is 0 Å². The largest absolute Gasteiger partial charge is 0.357 e. The molecule has 2 N–H and O–H groups in total. The summed E-state index contributed by atoms with van der Waals surface area (Å²) in [5.41, 5.74) is 1.97. The van der Waals surface area contributed by atoms with E-state index >= 15 is 0 Å². The van der Waals surface area contributed by atoms with Crippen LogP contribution in [-0.2, 0) is 13.1 Å². The van der Waals surface area contributed by atoms with Crippen LogP contribution in [0.15, 0.2) is 53.8 Å². The Hall–Kier alpha value is -1.94. The normalized spacial score (nSPS) is 11.1. The van der Waals surface area contributed by atoms with E-state index < -0.39 is 0 Å². The monoisotopic (exact) mass is 482 g/mol. The Morgan fingerprint density at radius 1 is 1.19 bits per heavy atom. The zero-order valence-electron chi connectivity index (χ0n) is 14.8. The van der Waals surface area contributed by atoms with Crippen molar-refractivity contribution in [1.82, 2.24) is 25.4 Å². The van der Waals surface area contributed by atoms with Crippen molar-refractivity contribution in [2.24, 2.45) is 4.99 Å². The molecule has 0 unspecified atom stereocenters. The number of benzene rings is 1. The second-order valence-corrected chi connectivity index (χ2v) is 6.82. The van der Waals surface area contributed by atoms with E-state index in [1.807, 2.05) is 53.5 Å². The number of hydrogen-bond acceptors (Lipinski definition) is 4. The maximum atomic E-state index is 4.61. The summed E-state index contributed by atoms with van der Waals surface area (Å²) >= 11 is 1.69. The maximum Gasteiger partial charge on any atom is 0.191 e. The molecule has 0 aliphatic carbocycles. The number of aryl methyl sites for hydroxylation is 1. The molecule has 0 saturated heterocycles. The number of nitrogens with one attached hydrogen (secondary N) is 2. The number of nitrogens with zero attached hydrogens (tertiary/aromatic N) is 4. The standard InChI is InChI=1S/C18H22N6S.HI/c1-3-19-18(22-13-17-20-11-14(2)25-17)21-12-15-9-10-24(23-15)16-7-5-4-6-8-16;/h4-11H,3,12-13H2,1-2H3,(H2,19,21,22);1H. The third-order valence-electron chi connectivity index (χ3n) is 3.48. The highest BCUT2D eigenvalue weighted by atomic mass is 127. The SMILES string of the molecule is CCNC(=NCc1ccn(-c2ccccc2)n1)NCc1ncc(C)s1.I. The zero-order valence-corrected chi connectivity index (χ0v) is 18.0. The van der Waals surface area contributed by atoms with Gasteiger partial charge >= 0.3 is 0 Å². The molecule has 0 spiro atoms. The van der Waals surface area contributed by atoms with Gasteiger partial charge in [0.1, 0.15) is 5.01 Å². The second-order valence-electron chi connectivity index (χ2n) is 5.50. The van der Waals surface area contributed by atoms with E-state index in [-0.39, 0.29) is 24.0 Å². The van der Waals surface area contributed by atoms with E-state index in [9.17, 15) is 0 Å². The molecule has 6 nitrogen and oxygen atoms in total. The Bertz CT molecular complexity index is 827. The summed E-state index contributed by atoms with van der Waals surface area (Å²) in [6.45, 7) is 6.11. The van der Waals surface area contributed by atoms with Crippen LogP contribution in [0.4, 0.5) is 0 Å². The first-order valence-corrected chi connectivity index (χ1v) is 9.09. The molecule has 0 bridgehead atoms.